The number of hydrogen-bond acceptors (Lipinski definition) is 6. The third-order valence-corrected chi connectivity index (χ3v) is 5.51. The molecule has 2 atom stereocenters. The smallest absolute Gasteiger partial charge is 0.242 e. The predicted octanol–water partition coefficient (Wildman–Crippen LogP) is -0.925. The van der Waals surface area contributed by atoms with E-state index in [1.807, 2.05) is 0 Å². The lowest BCUT2D eigenvalue weighted by Gasteiger charge is -2.27. The van der Waals surface area contributed by atoms with Crippen LogP contribution in [0.25, 0.3) is 0 Å². The van der Waals surface area contributed by atoms with E-state index in [0.29, 0.717) is 13.0 Å². The van der Waals surface area contributed by atoms with E-state index >= 15 is 0 Å². The van der Waals surface area contributed by atoms with Gasteiger partial charge in [0.05, 0.1) is 25.8 Å². The van der Waals surface area contributed by atoms with Gasteiger partial charge in [0.15, 0.2) is 16.1 Å². The number of rotatable bonds is 2. The Balaban J connectivity index is 1.77. The van der Waals surface area contributed by atoms with Crippen LogP contribution in [0.4, 0.5) is 0 Å². The fourth-order valence-electron chi connectivity index (χ4n) is 2.82. The van der Waals surface area contributed by atoms with Crippen molar-refractivity contribution in [2.75, 3.05) is 26.2 Å². The van der Waals surface area contributed by atoms with Gasteiger partial charge in [-0.1, -0.05) is 4.21 Å². The van der Waals surface area contributed by atoms with Crippen molar-refractivity contribution in [3.8, 4) is 5.75 Å². The van der Waals surface area contributed by atoms with Crippen LogP contribution in [-0.2, 0) is 24.2 Å². The quantitative estimate of drug-likeness (QED) is 0.662. The molecule has 2 aliphatic rings. The maximum absolute atomic E-state index is 12.3. The molecule has 1 saturated heterocycles. The van der Waals surface area contributed by atoms with Crippen LogP contribution in [0.1, 0.15) is 13.3 Å². The second kappa shape index (κ2) is 6.11. The number of nitrogens with one attached hydrogen (secondary N) is 2. The number of amides is 2. The molecule has 9 nitrogen and oxygen atoms in total. The van der Waals surface area contributed by atoms with Gasteiger partial charge in [0, 0.05) is 32.2 Å². The second-order valence-corrected chi connectivity index (χ2v) is 7.64. The summed E-state index contributed by atoms with van der Waals surface area (Å²) >= 11 is 0. The molecule has 0 bridgehead atoms. The van der Waals surface area contributed by atoms with E-state index in [0.717, 1.165) is 0 Å². The Kier molecular flexibility index (Phi) is 4.28. The molecular formula is C14H18N4O5S. The average Bonchev–Trinajstić information content (AvgIpc) is 2.91. The van der Waals surface area contributed by atoms with Gasteiger partial charge in [0.1, 0.15) is 5.60 Å². The molecule has 0 saturated carbocycles. The molecule has 3 rings (SSSR count). The first-order chi connectivity index (χ1) is 11.3. The lowest BCUT2D eigenvalue weighted by molar-refractivity contribution is -0.132. The van der Waals surface area contributed by atoms with Crippen LogP contribution in [0.3, 0.4) is 0 Å². The summed E-state index contributed by atoms with van der Waals surface area (Å²) in [7, 11) is -3.70. The van der Waals surface area contributed by atoms with E-state index < -0.39 is 16.0 Å². The summed E-state index contributed by atoms with van der Waals surface area (Å²) in [6.07, 6.45) is 3.19. The molecule has 0 aromatic carbocycles. The average molecular weight is 354 g/mol. The summed E-state index contributed by atoms with van der Waals surface area (Å²) in [4.78, 5) is 28.5. The van der Waals surface area contributed by atoms with Crippen molar-refractivity contribution in [1.29, 1.82) is 0 Å². The van der Waals surface area contributed by atoms with Gasteiger partial charge in [-0.3, -0.25) is 14.6 Å². The van der Waals surface area contributed by atoms with Gasteiger partial charge in [0.2, 0.25) is 16.7 Å². The number of carbonyl (C=O) groups excluding carboxylic acids is 2. The van der Waals surface area contributed by atoms with Crippen LogP contribution < -0.4 is 14.8 Å². The number of ether oxygens (including phenoxy) is 1. The largest absolute Gasteiger partial charge is 0.593 e. The molecule has 2 N–H and O–H groups in total. The lowest BCUT2D eigenvalue weighted by Crippen LogP contribution is -2.49. The van der Waals surface area contributed by atoms with Crippen molar-refractivity contribution in [3.63, 3.8) is 0 Å². The molecule has 1 aromatic rings. The summed E-state index contributed by atoms with van der Waals surface area (Å²) in [6.45, 7) is 1.99. The molecule has 1 fully saturated rings. The Labute approximate surface area is 140 Å². The van der Waals surface area contributed by atoms with E-state index in [9.17, 15) is 18.4 Å². The zero-order valence-electron chi connectivity index (χ0n) is 13.1. The number of likely N-dealkylation sites (tertiary alicyclic amines) is 1. The van der Waals surface area contributed by atoms with Crippen molar-refractivity contribution >= 4 is 22.2 Å². The van der Waals surface area contributed by atoms with Gasteiger partial charge in [-0.05, 0) is 0 Å². The maximum Gasteiger partial charge on any atom is 0.242 e. The van der Waals surface area contributed by atoms with Crippen LogP contribution in [0, 0.1) is 0 Å². The molecule has 10 heteroatoms. The van der Waals surface area contributed by atoms with E-state index in [1.54, 1.807) is 4.90 Å². The van der Waals surface area contributed by atoms with E-state index in [4.69, 9.17) is 4.74 Å². The fourth-order valence-corrected chi connectivity index (χ4v) is 4.01. The highest BCUT2D eigenvalue weighted by molar-refractivity contribution is 7.95. The molecule has 2 aliphatic heterocycles. The Hall–Kier alpha value is -2.04. The van der Waals surface area contributed by atoms with Crippen molar-refractivity contribution in [1.82, 2.24) is 19.9 Å². The zero-order valence-corrected chi connectivity index (χ0v) is 13.9. The van der Waals surface area contributed by atoms with Gasteiger partial charge in [-0.25, -0.2) is 0 Å². The van der Waals surface area contributed by atoms with Crippen molar-refractivity contribution in [2.24, 2.45) is 0 Å². The summed E-state index contributed by atoms with van der Waals surface area (Å²) in [5.41, 5.74) is -0.828. The van der Waals surface area contributed by atoms with Gasteiger partial charge >= 0.3 is 0 Å². The molecule has 3 heterocycles. The number of nitrogens with zero attached hydrogens (tertiary/aromatic N) is 2. The normalized spacial score (nSPS) is 28.8. The first-order valence-electron chi connectivity index (χ1n) is 7.46. The topological polar surface area (TPSA) is 124 Å². The number of pyridine rings is 1. The molecule has 0 radical (unpaired) electrons. The van der Waals surface area contributed by atoms with Crippen molar-refractivity contribution in [2.45, 2.75) is 23.8 Å². The standard InChI is InChI=1S/C14H18N4O5S/c1-10(19)16-7-13(20)18-5-3-14(9-18)8-17-24(21,22)12-6-15-4-2-11(12)23-14/h2,4,6H,3,5,7-9H2,1H3,(H2-,16,17,19,21,22). The van der Waals surface area contributed by atoms with E-state index in [-0.39, 0.29) is 42.1 Å². The monoisotopic (exact) mass is 354 g/mol. The third kappa shape index (κ3) is 3.25. The molecule has 1 spiro atoms. The number of fused-ring (bicyclic) bond motifs is 1. The van der Waals surface area contributed by atoms with E-state index in [2.05, 4.69) is 15.0 Å². The maximum atomic E-state index is 12.3. The van der Waals surface area contributed by atoms with Gasteiger partial charge < -0.3 is 19.5 Å². The molecule has 0 aliphatic carbocycles. The highest BCUT2D eigenvalue weighted by Gasteiger charge is 2.47. The van der Waals surface area contributed by atoms with Gasteiger partial charge in [-0.15, -0.1) is 4.72 Å². The minimum absolute atomic E-state index is 0.00935. The lowest BCUT2D eigenvalue weighted by atomic mass is 10.0. The first kappa shape index (κ1) is 16.8. The van der Waals surface area contributed by atoms with Crippen LogP contribution in [0.15, 0.2) is 23.4 Å². The number of hydrogen-bond donors (Lipinski definition) is 2. The highest BCUT2D eigenvalue weighted by atomic mass is 32.3. The molecule has 2 amide bonds. The predicted molar refractivity (Wildman–Crippen MR) is 82.6 cm³/mol. The van der Waals surface area contributed by atoms with Crippen LogP contribution >= 0.6 is 0 Å². The van der Waals surface area contributed by atoms with Crippen molar-refractivity contribution in [3.05, 3.63) is 18.5 Å². The third-order valence-electron chi connectivity index (χ3n) is 4.10. The molecule has 1 aromatic heterocycles. The van der Waals surface area contributed by atoms with Gasteiger partial charge in [-0.2, -0.15) is 0 Å². The Morgan fingerprint density at radius 1 is 1.58 bits per heavy atom. The summed E-state index contributed by atoms with van der Waals surface area (Å²) in [5, 5.41) is 2.46. The first-order valence-corrected chi connectivity index (χ1v) is 8.95. The number of aromatic nitrogens is 1. The van der Waals surface area contributed by atoms with Crippen LogP contribution in [0.5, 0.6) is 5.75 Å². The number of carbonyl (C=O) groups is 2. The van der Waals surface area contributed by atoms with Crippen molar-refractivity contribution < 1.29 is 23.1 Å². The fraction of sp³-hybridized carbons (Fsp3) is 0.500. The number of sulfonamides is 1. The van der Waals surface area contributed by atoms with Crippen LogP contribution in [0.2, 0.25) is 0 Å². The minimum Gasteiger partial charge on any atom is -0.593 e. The van der Waals surface area contributed by atoms with Gasteiger partial charge in [0.25, 0.3) is 0 Å². The zero-order chi connectivity index (χ0) is 17.4. The summed E-state index contributed by atoms with van der Waals surface area (Å²) in [6, 6.07) is 1.50. The highest BCUT2D eigenvalue weighted by Crippen LogP contribution is 2.35. The SMILES string of the molecule is CC(=O)NCC(=O)N1CCC2(CN[S+](=O)([O-])c3cnccc3O2)C1. The Bertz CT molecular complexity index is 727. The summed E-state index contributed by atoms with van der Waals surface area (Å²) < 4.78 is 33.0. The molecule has 24 heavy (non-hydrogen) atoms. The second-order valence-electron chi connectivity index (χ2n) is 5.91. The molecular weight excluding hydrogens is 336 g/mol. The Morgan fingerprint density at radius 2 is 2.38 bits per heavy atom. The minimum atomic E-state index is -3.70. The molecule has 130 valence electrons. The van der Waals surface area contributed by atoms with Crippen LogP contribution in [-0.4, -0.2) is 58.0 Å². The Morgan fingerprint density at radius 3 is 3.12 bits per heavy atom. The molecule has 2 unspecified atom stereocenters. The van der Waals surface area contributed by atoms with E-state index in [1.165, 1.54) is 25.4 Å². The summed E-state index contributed by atoms with van der Waals surface area (Å²) in [5.74, 6) is -0.281.